The van der Waals surface area contributed by atoms with Crippen LogP contribution >= 0.6 is 0 Å². The molecule has 0 saturated carbocycles. The Kier molecular flexibility index (Phi) is 7.55. The van der Waals surface area contributed by atoms with Gasteiger partial charge in [0.05, 0.1) is 30.3 Å². The largest absolute Gasteiger partial charge is 0.497 e. The Balaban J connectivity index is 2.01. The van der Waals surface area contributed by atoms with Crippen molar-refractivity contribution in [2.45, 2.75) is 6.92 Å². The minimum absolute atomic E-state index is 0.0524. The van der Waals surface area contributed by atoms with Crippen molar-refractivity contribution >= 4 is 35.4 Å². The SMILES string of the molecule is CCOC(=O)c1cc(NC(=O)c2ccccc2)c(=O)oc1/C=C/c1ccc(OC)cc1[N+](=O)[O-]. The smallest absolute Gasteiger partial charge is 0.360 e. The molecule has 0 atom stereocenters. The summed E-state index contributed by atoms with van der Waals surface area (Å²) >= 11 is 0. The average molecular weight is 464 g/mol. The van der Waals surface area contributed by atoms with Crippen molar-refractivity contribution in [1.82, 2.24) is 0 Å². The highest BCUT2D eigenvalue weighted by Crippen LogP contribution is 2.27. The van der Waals surface area contributed by atoms with E-state index < -0.39 is 22.4 Å². The van der Waals surface area contributed by atoms with Gasteiger partial charge in [-0.15, -0.1) is 0 Å². The fraction of sp³-hybridized carbons (Fsp3) is 0.125. The fourth-order valence-corrected chi connectivity index (χ4v) is 2.96. The number of carbonyl (C=O) groups is 2. The molecule has 10 nitrogen and oxygen atoms in total. The summed E-state index contributed by atoms with van der Waals surface area (Å²) < 4.78 is 15.3. The van der Waals surface area contributed by atoms with Crippen LogP contribution in [0.15, 0.2) is 63.8 Å². The molecule has 34 heavy (non-hydrogen) atoms. The van der Waals surface area contributed by atoms with E-state index in [0.717, 1.165) is 6.07 Å². The van der Waals surface area contributed by atoms with Gasteiger partial charge in [0.1, 0.15) is 22.8 Å². The molecule has 0 fully saturated rings. The number of carbonyl (C=O) groups excluding carboxylic acids is 2. The number of nitrogens with zero attached hydrogens (tertiary/aromatic N) is 1. The molecule has 3 aromatic rings. The highest BCUT2D eigenvalue weighted by Gasteiger charge is 2.20. The van der Waals surface area contributed by atoms with E-state index in [9.17, 15) is 24.5 Å². The van der Waals surface area contributed by atoms with Gasteiger partial charge < -0.3 is 19.2 Å². The third-order valence-electron chi connectivity index (χ3n) is 4.60. The van der Waals surface area contributed by atoms with E-state index in [0.29, 0.717) is 11.3 Å². The lowest BCUT2D eigenvalue weighted by molar-refractivity contribution is -0.385. The zero-order valence-electron chi connectivity index (χ0n) is 18.3. The van der Waals surface area contributed by atoms with Crippen molar-refractivity contribution in [2.24, 2.45) is 0 Å². The highest BCUT2D eigenvalue weighted by molar-refractivity contribution is 6.05. The quantitative estimate of drug-likeness (QED) is 0.298. The van der Waals surface area contributed by atoms with E-state index >= 15 is 0 Å². The second kappa shape index (κ2) is 10.7. The molecule has 1 heterocycles. The summed E-state index contributed by atoms with van der Waals surface area (Å²) in [5, 5.41) is 13.8. The van der Waals surface area contributed by atoms with Crippen LogP contribution in [0.1, 0.15) is 39.0 Å². The maximum absolute atomic E-state index is 12.5. The standard InChI is InChI=1S/C24H20N2O8/c1-3-33-23(28)18-14-19(25-22(27)16-7-5-4-6-8-16)24(29)34-21(18)12-10-15-9-11-17(32-2)13-20(15)26(30)31/h4-14H,3H2,1-2H3,(H,25,27)/b12-10+. The molecule has 1 aromatic heterocycles. The van der Waals surface area contributed by atoms with Crippen LogP contribution in [0.3, 0.4) is 0 Å². The van der Waals surface area contributed by atoms with E-state index in [1.54, 1.807) is 37.3 Å². The zero-order chi connectivity index (χ0) is 24.7. The number of nitro benzene ring substituents is 1. The van der Waals surface area contributed by atoms with Crippen molar-refractivity contribution in [2.75, 3.05) is 19.0 Å². The Morgan fingerprint density at radius 1 is 1.12 bits per heavy atom. The number of anilines is 1. The molecule has 1 amide bonds. The van der Waals surface area contributed by atoms with Gasteiger partial charge in [0.25, 0.3) is 11.6 Å². The molecule has 0 spiro atoms. The molecule has 1 N–H and O–H groups in total. The summed E-state index contributed by atoms with van der Waals surface area (Å²) in [5.41, 5.74) is -1.08. The lowest BCUT2D eigenvalue weighted by Crippen LogP contribution is -2.20. The van der Waals surface area contributed by atoms with Crippen LogP contribution in [0.25, 0.3) is 12.2 Å². The topological polar surface area (TPSA) is 138 Å². The van der Waals surface area contributed by atoms with Crippen LogP contribution in [-0.2, 0) is 4.74 Å². The first-order valence-corrected chi connectivity index (χ1v) is 10.1. The third kappa shape index (κ3) is 5.54. The molecule has 0 saturated heterocycles. The summed E-state index contributed by atoms with van der Waals surface area (Å²) in [6.07, 6.45) is 2.56. The van der Waals surface area contributed by atoms with Crippen LogP contribution in [0.2, 0.25) is 0 Å². The monoisotopic (exact) mass is 464 g/mol. The molecule has 0 aliphatic heterocycles. The molecule has 0 aliphatic rings. The first kappa shape index (κ1) is 23.9. The highest BCUT2D eigenvalue weighted by atomic mass is 16.6. The third-order valence-corrected chi connectivity index (χ3v) is 4.60. The zero-order valence-corrected chi connectivity index (χ0v) is 18.3. The lowest BCUT2D eigenvalue weighted by atomic mass is 10.1. The number of nitro groups is 1. The van der Waals surface area contributed by atoms with Gasteiger partial charge >= 0.3 is 11.6 Å². The van der Waals surface area contributed by atoms with E-state index in [4.69, 9.17) is 13.9 Å². The Hall–Kier alpha value is -4.73. The maximum atomic E-state index is 12.5. The van der Waals surface area contributed by atoms with Crippen LogP contribution in [0.4, 0.5) is 11.4 Å². The number of hydrogen-bond acceptors (Lipinski definition) is 8. The van der Waals surface area contributed by atoms with Crippen molar-refractivity contribution < 1.29 is 28.4 Å². The van der Waals surface area contributed by atoms with Crippen molar-refractivity contribution in [1.29, 1.82) is 0 Å². The van der Waals surface area contributed by atoms with E-state index in [2.05, 4.69) is 5.32 Å². The molecule has 0 aliphatic carbocycles. The van der Waals surface area contributed by atoms with E-state index in [1.165, 1.54) is 37.5 Å². The molecule has 3 rings (SSSR count). The minimum atomic E-state index is -0.916. The molecule has 10 heteroatoms. The Morgan fingerprint density at radius 3 is 2.50 bits per heavy atom. The van der Waals surface area contributed by atoms with Crippen LogP contribution in [-0.4, -0.2) is 30.5 Å². The number of methoxy groups -OCH3 is 1. The molecular formula is C24H20N2O8. The normalized spacial score (nSPS) is 10.6. The fourth-order valence-electron chi connectivity index (χ4n) is 2.96. The molecular weight excluding hydrogens is 444 g/mol. The van der Waals surface area contributed by atoms with Gasteiger partial charge in [-0.25, -0.2) is 9.59 Å². The minimum Gasteiger partial charge on any atom is -0.497 e. The second-order valence-electron chi connectivity index (χ2n) is 6.78. The number of amides is 1. The Bertz CT molecular complexity index is 1310. The van der Waals surface area contributed by atoms with Gasteiger partial charge in [-0.05, 0) is 49.4 Å². The number of nitrogens with one attached hydrogen (secondary N) is 1. The van der Waals surface area contributed by atoms with Gasteiger partial charge in [-0.3, -0.25) is 14.9 Å². The maximum Gasteiger partial charge on any atom is 0.360 e. The Morgan fingerprint density at radius 2 is 1.85 bits per heavy atom. The van der Waals surface area contributed by atoms with Crippen molar-refractivity contribution in [3.63, 3.8) is 0 Å². The first-order chi connectivity index (χ1) is 16.3. The molecule has 174 valence electrons. The predicted molar refractivity (Wildman–Crippen MR) is 124 cm³/mol. The summed E-state index contributed by atoms with van der Waals surface area (Å²) in [7, 11) is 1.38. The number of esters is 1. The van der Waals surface area contributed by atoms with Gasteiger partial charge in [0.2, 0.25) is 0 Å². The van der Waals surface area contributed by atoms with Crippen LogP contribution in [0.5, 0.6) is 5.75 Å². The van der Waals surface area contributed by atoms with Crippen molar-refractivity contribution in [3.05, 3.63) is 97.6 Å². The van der Waals surface area contributed by atoms with Crippen LogP contribution in [0, 0.1) is 10.1 Å². The number of ether oxygens (including phenoxy) is 2. The molecule has 0 unspecified atom stereocenters. The summed E-state index contributed by atoms with van der Waals surface area (Å²) in [5.74, 6) is -1.27. The van der Waals surface area contributed by atoms with Gasteiger partial charge in [-0.2, -0.15) is 0 Å². The van der Waals surface area contributed by atoms with E-state index in [-0.39, 0.29) is 34.9 Å². The van der Waals surface area contributed by atoms with Gasteiger partial charge in [0.15, 0.2) is 0 Å². The predicted octanol–water partition coefficient (Wildman–Crippen LogP) is 4.16. The number of rotatable bonds is 8. The van der Waals surface area contributed by atoms with Crippen LogP contribution < -0.4 is 15.7 Å². The molecule has 2 aromatic carbocycles. The molecule has 0 bridgehead atoms. The molecule has 0 radical (unpaired) electrons. The summed E-state index contributed by atoms with van der Waals surface area (Å²) in [6.45, 7) is 1.65. The first-order valence-electron chi connectivity index (χ1n) is 10.1. The number of benzene rings is 2. The summed E-state index contributed by atoms with van der Waals surface area (Å²) in [4.78, 5) is 48.3. The lowest BCUT2D eigenvalue weighted by Gasteiger charge is -2.09. The van der Waals surface area contributed by atoms with Crippen molar-refractivity contribution in [3.8, 4) is 5.75 Å². The van der Waals surface area contributed by atoms with Gasteiger partial charge in [-0.1, -0.05) is 18.2 Å². The number of hydrogen-bond donors (Lipinski definition) is 1. The average Bonchev–Trinajstić information content (AvgIpc) is 2.84. The second-order valence-corrected chi connectivity index (χ2v) is 6.78. The Labute approximate surface area is 193 Å². The summed E-state index contributed by atoms with van der Waals surface area (Å²) in [6, 6.07) is 13.5. The van der Waals surface area contributed by atoms with E-state index in [1.807, 2.05) is 0 Å². The van der Waals surface area contributed by atoms with Gasteiger partial charge in [0, 0.05) is 5.56 Å².